The SMILES string of the molecule is CCCc1c(SCSc2ccc(C(C)=O)c(OC)c2CCC)ccc(OCC)c1O. The molecule has 0 saturated heterocycles. The molecule has 0 spiro atoms. The molecule has 30 heavy (non-hydrogen) atoms. The molecule has 4 nitrogen and oxygen atoms in total. The van der Waals surface area contributed by atoms with Crippen molar-refractivity contribution in [1.29, 1.82) is 0 Å². The van der Waals surface area contributed by atoms with Crippen molar-refractivity contribution in [1.82, 2.24) is 0 Å². The topological polar surface area (TPSA) is 55.8 Å². The molecule has 2 aromatic carbocycles. The number of aromatic hydroxyl groups is 1. The van der Waals surface area contributed by atoms with E-state index >= 15 is 0 Å². The monoisotopic (exact) mass is 448 g/mol. The molecule has 0 saturated carbocycles. The molecule has 2 aromatic rings. The first kappa shape index (κ1) is 24.5. The van der Waals surface area contributed by atoms with E-state index in [1.165, 1.54) is 0 Å². The molecule has 0 amide bonds. The van der Waals surface area contributed by atoms with Gasteiger partial charge in [-0.1, -0.05) is 26.7 Å². The number of Topliss-reactive ketones (excluding diaryl/α,β-unsaturated/α-hetero) is 1. The molecular weight excluding hydrogens is 416 g/mol. The molecule has 1 N–H and O–H groups in total. The van der Waals surface area contributed by atoms with E-state index in [1.54, 1.807) is 37.6 Å². The Morgan fingerprint density at radius 1 is 0.967 bits per heavy atom. The van der Waals surface area contributed by atoms with Gasteiger partial charge in [-0.3, -0.25) is 4.79 Å². The first-order chi connectivity index (χ1) is 14.5. The van der Waals surface area contributed by atoms with E-state index in [0.717, 1.165) is 51.7 Å². The van der Waals surface area contributed by atoms with Crippen LogP contribution in [0.3, 0.4) is 0 Å². The van der Waals surface area contributed by atoms with Crippen molar-refractivity contribution in [2.75, 3.05) is 18.8 Å². The van der Waals surface area contributed by atoms with Crippen LogP contribution < -0.4 is 9.47 Å². The minimum atomic E-state index is 0.0178. The molecule has 0 unspecified atom stereocenters. The summed E-state index contributed by atoms with van der Waals surface area (Å²) in [6.45, 7) is 8.25. The van der Waals surface area contributed by atoms with Gasteiger partial charge in [-0.25, -0.2) is 0 Å². The second-order valence-corrected chi connectivity index (χ2v) is 9.31. The van der Waals surface area contributed by atoms with Crippen molar-refractivity contribution in [2.24, 2.45) is 0 Å². The predicted octanol–water partition coefficient (Wildman–Crippen LogP) is 6.75. The minimum Gasteiger partial charge on any atom is -0.504 e. The maximum Gasteiger partial charge on any atom is 0.163 e. The van der Waals surface area contributed by atoms with Crippen molar-refractivity contribution >= 4 is 29.3 Å². The highest BCUT2D eigenvalue weighted by atomic mass is 32.2. The van der Waals surface area contributed by atoms with Gasteiger partial charge in [0.2, 0.25) is 0 Å². The van der Waals surface area contributed by atoms with Crippen molar-refractivity contribution in [3.8, 4) is 17.2 Å². The Morgan fingerprint density at radius 2 is 1.57 bits per heavy atom. The maximum atomic E-state index is 12.0. The highest BCUT2D eigenvalue weighted by Crippen LogP contribution is 2.41. The fraction of sp³-hybridized carbons (Fsp3) is 0.458. The Morgan fingerprint density at radius 3 is 2.13 bits per heavy atom. The first-order valence-electron chi connectivity index (χ1n) is 10.4. The minimum absolute atomic E-state index is 0.0178. The van der Waals surface area contributed by atoms with Crippen molar-refractivity contribution in [3.63, 3.8) is 0 Å². The molecule has 0 atom stereocenters. The van der Waals surface area contributed by atoms with Crippen LogP contribution in [0.5, 0.6) is 17.2 Å². The van der Waals surface area contributed by atoms with Gasteiger partial charge in [0.05, 0.1) is 19.3 Å². The number of hydrogen-bond donors (Lipinski definition) is 1. The number of benzene rings is 2. The number of rotatable bonds is 12. The third-order valence-corrected chi connectivity index (χ3v) is 7.06. The molecular formula is C24H32O4S2. The predicted molar refractivity (Wildman–Crippen MR) is 127 cm³/mol. The lowest BCUT2D eigenvalue weighted by molar-refractivity contribution is 0.101. The molecule has 0 aliphatic carbocycles. The van der Waals surface area contributed by atoms with Crippen LogP contribution in [0.25, 0.3) is 0 Å². The van der Waals surface area contributed by atoms with Gasteiger partial charge in [-0.15, -0.1) is 23.5 Å². The summed E-state index contributed by atoms with van der Waals surface area (Å²) in [6, 6.07) is 7.77. The summed E-state index contributed by atoms with van der Waals surface area (Å²) in [5.41, 5.74) is 2.69. The summed E-state index contributed by atoms with van der Waals surface area (Å²) < 4.78 is 11.2. The lowest BCUT2D eigenvalue weighted by Gasteiger charge is -2.17. The Balaban J connectivity index is 2.24. The van der Waals surface area contributed by atoms with Crippen LogP contribution >= 0.6 is 23.5 Å². The lowest BCUT2D eigenvalue weighted by Crippen LogP contribution is -2.03. The van der Waals surface area contributed by atoms with E-state index in [-0.39, 0.29) is 11.5 Å². The number of phenolic OH excluding ortho intramolecular Hbond substituents is 1. The zero-order chi connectivity index (χ0) is 22.1. The van der Waals surface area contributed by atoms with Crippen LogP contribution in [0.4, 0.5) is 0 Å². The molecule has 0 aromatic heterocycles. The molecule has 2 rings (SSSR count). The summed E-state index contributed by atoms with van der Waals surface area (Å²) in [4.78, 5) is 14.2. The smallest absolute Gasteiger partial charge is 0.163 e. The Labute approximate surface area is 188 Å². The third kappa shape index (κ3) is 5.88. The molecule has 0 aliphatic rings. The lowest BCUT2D eigenvalue weighted by atomic mass is 10.0. The van der Waals surface area contributed by atoms with Crippen molar-refractivity contribution in [2.45, 2.75) is 63.2 Å². The Kier molecular flexibility index (Phi) is 9.92. The second-order valence-electron chi connectivity index (χ2n) is 6.91. The highest BCUT2D eigenvalue weighted by molar-refractivity contribution is 8.16. The number of thioether (sulfide) groups is 2. The third-order valence-electron chi connectivity index (χ3n) is 4.73. The fourth-order valence-electron chi connectivity index (χ4n) is 3.39. The van der Waals surface area contributed by atoms with Crippen molar-refractivity contribution in [3.05, 3.63) is 41.0 Å². The summed E-state index contributed by atoms with van der Waals surface area (Å²) in [6.07, 6.45) is 3.60. The van der Waals surface area contributed by atoms with E-state index in [9.17, 15) is 9.90 Å². The number of ketones is 1. The molecule has 0 fully saturated rings. The molecule has 0 bridgehead atoms. The summed E-state index contributed by atoms with van der Waals surface area (Å²) in [7, 11) is 1.63. The van der Waals surface area contributed by atoms with E-state index in [2.05, 4.69) is 13.8 Å². The van der Waals surface area contributed by atoms with Gasteiger partial charge in [-0.05, 0) is 51.0 Å². The molecule has 6 heteroatoms. The average molecular weight is 449 g/mol. The van der Waals surface area contributed by atoms with E-state index in [0.29, 0.717) is 23.7 Å². The number of methoxy groups -OCH3 is 1. The number of hydrogen-bond acceptors (Lipinski definition) is 6. The van der Waals surface area contributed by atoms with Crippen LogP contribution in [-0.4, -0.2) is 29.7 Å². The van der Waals surface area contributed by atoms with Gasteiger partial charge in [0.15, 0.2) is 17.3 Å². The number of carbonyl (C=O) groups excluding carboxylic acids is 1. The quantitative estimate of drug-likeness (QED) is 0.220. The maximum absolute atomic E-state index is 12.0. The Bertz CT molecular complexity index is 865. The number of carbonyl (C=O) groups is 1. The molecule has 0 heterocycles. The van der Waals surface area contributed by atoms with Gasteiger partial charge in [0, 0.05) is 26.0 Å². The van der Waals surface area contributed by atoms with Gasteiger partial charge in [0.25, 0.3) is 0 Å². The first-order valence-corrected chi connectivity index (χ1v) is 12.4. The normalized spacial score (nSPS) is 10.8. The highest BCUT2D eigenvalue weighted by Gasteiger charge is 2.18. The van der Waals surface area contributed by atoms with E-state index in [4.69, 9.17) is 9.47 Å². The average Bonchev–Trinajstić information content (AvgIpc) is 2.73. The van der Waals surface area contributed by atoms with E-state index < -0.39 is 0 Å². The van der Waals surface area contributed by atoms with Crippen LogP contribution in [0.15, 0.2) is 34.1 Å². The largest absolute Gasteiger partial charge is 0.504 e. The van der Waals surface area contributed by atoms with Crippen LogP contribution in [0.1, 0.15) is 62.0 Å². The van der Waals surface area contributed by atoms with Gasteiger partial charge < -0.3 is 14.6 Å². The van der Waals surface area contributed by atoms with Crippen LogP contribution in [0, 0.1) is 0 Å². The summed E-state index contributed by atoms with van der Waals surface area (Å²) in [5.74, 6) is 1.52. The standard InChI is InChI=1S/C24H32O4S2/c1-6-9-18-21(14-12-20(23(18)26)28-8-3)29-15-30-22-13-11-17(16(4)25)24(27-5)19(22)10-7-2/h11-14,26H,6-10,15H2,1-5H3. The Hall–Kier alpha value is -1.79. The molecule has 164 valence electrons. The van der Waals surface area contributed by atoms with Gasteiger partial charge in [0.1, 0.15) is 5.75 Å². The fourth-order valence-corrected chi connectivity index (χ4v) is 5.72. The van der Waals surface area contributed by atoms with Gasteiger partial charge >= 0.3 is 0 Å². The summed E-state index contributed by atoms with van der Waals surface area (Å²) in [5, 5.41) is 11.4. The van der Waals surface area contributed by atoms with Gasteiger partial charge in [-0.2, -0.15) is 0 Å². The number of ether oxygens (including phenoxy) is 2. The zero-order valence-corrected chi connectivity index (χ0v) is 20.2. The van der Waals surface area contributed by atoms with E-state index in [1.807, 2.05) is 31.2 Å². The van der Waals surface area contributed by atoms with Crippen LogP contribution in [0.2, 0.25) is 0 Å². The molecule has 0 aliphatic heterocycles. The summed E-state index contributed by atoms with van der Waals surface area (Å²) >= 11 is 3.45. The van der Waals surface area contributed by atoms with Crippen LogP contribution in [-0.2, 0) is 12.8 Å². The zero-order valence-electron chi connectivity index (χ0n) is 18.5. The van der Waals surface area contributed by atoms with Crippen molar-refractivity contribution < 1.29 is 19.4 Å². The number of phenols is 1. The second kappa shape index (κ2) is 12.2. The molecule has 0 radical (unpaired) electrons.